The number of rotatable bonds is 5. The number of carbonyl (C=O) groups is 1. The van der Waals surface area contributed by atoms with Crippen LogP contribution >= 0.6 is 15.9 Å². The van der Waals surface area contributed by atoms with Crippen LogP contribution in [0.15, 0.2) is 22.7 Å². The molecule has 0 fully saturated rings. The van der Waals surface area contributed by atoms with Gasteiger partial charge in [0.1, 0.15) is 18.1 Å². The molecule has 0 aliphatic heterocycles. The van der Waals surface area contributed by atoms with Gasteiger partial charge in [0.05, 0.1) is 5.56 Å². The van der Waals surface area contributed by atoms with Crippen LogP contribution in [0.5, 0.6) is 5.75 Å². The summed E-state index contributed by atoms with van der Waals surface area (Å²) in [6.45, 7) is 6.15. The highest BCUT2D eigenvalue weighted by atomic mass is 79.9. The lowest BCUT2D eigenvalue weighted by molar-refractivity contribution is 0.0950. The van der Waals surface area contributed by atoms with E-state index in [1.54, 1.807) is 6.92 Å². The standard InChI is InChI=1S/C15H19BrN4O2/c1-8(2)11-6-10(16)4-5-13(11)22-7-12-14(15(21)18-17)9(3)19-20-12/h4-6,8H,7,17H2,1-3H3,(H,18,21)(H,19,20). The number of hydrogen-bond donors (Lipinski definition) is 3. The zero-order valence-electron chi connectivity index (χ0n) is 12.7. The van der Waals surface area contributed by atoms with Crippen molar-refractivity contribution in [3.8, 4) is 5.75 Å². The predicted molar refractivity (Wildman–Crippen MR) is 87.5 cm³/mol. The summed E-state index contributed by atoms with van der Waals surface area (Å²) in [7, 11) is 0. The van der Waals surface area contributed by atoms with Crippen molar-refractivity contribution in [3.05, 3.63) is 45.2 Å². The number of nitrogens with zero attached hydrogens (tertiary/aromatic N) is 1. The highest BCUT2D eigenvalue weighted by Gasteiger charge is 2.18. The molecule has 1 aromatic carbocycles. The summed E-state index contributed by atoms with van der Waals surface area (Å²) in [5.41, 5.74) is 4.81. The Balaban J connectivity index is 2.23. The van der Waals surface area contributed by atoms with E-state index in [2.05, 4.69) is 45.4 Å². The lowest BCUT2D eigenvalue weighted by Gasteiger charge is -2.14. The fourth-order valence-electron chi connectivity index (χ4n) is 2.21. The van der Waals surface area contributed by atoms with E-state index in [0.717, 1.165) is 15.8 Å². The minimum Gasteiger partial charge on any atom is -0.487 e. The van der Waals surface area contributed by atoms with Gasteiger partial charge in [-0.05, 0) is 36.6 Å². The van der Waals surface area contributed by atoms with Crippen LogP contribution in [0, 0.1) is 6.92 Å². The molecular formula is C15H19BrN4O2. The smallest absolute Gasteiger partial charge is 0.269 e. The average molecular weight is 367 g/mol. The van der Waals surface area contributed by atoms with Gasteiger partial charge in [-0.2, -0.15) is 5.10 Å². The second-order valence-corrected chi connectivity index (χ2v) is 6.18. The predicted octanol–water partition coefficient (Wildman–Crippen LogP) is 2.79. The first-order valence-electron chi connectivity index (χ1n) is 6.91. The second-order valence-electron chi connectivity index (χ2n) is 5.27. The molecule has 1 aromatic heterocycles. The van der Waals surface area contributed by atoms with Crippen LogP contribution in [0.2, 0.25) is 0 Å². The van der Waals surface area contributed by atoms with Crippen molar-refractivity contribution in [2.45, 2.75) is 33.3 Å². The highest BCUT2D eigenvalue weighted by Crippen LogP contribution is 2.30. The van der Waals surface area contributed by atoms with E-state index in [1.807, 2.05) is 18.2 Å². The van der Waals surface area contributed by atoms with Gasteiger partial charge < -0.3 is 4.74 Å². The highest BCUT2D eigenvalue weighted by molar-refractivity contribution is 9.10. The van der Waals surface area contributed by atoms with E-state index in [0.29, 0.717) is 22.9 Å². The van der Waals surface area contributed by atoms with Crippen molar-refractivity contribution in [3.63, 3.8) is 0 Å². The summed E-state index contributed by atoms with van der Waals surface area (Å²) in [6, 6.07) is 5.86. The third-order valence-electron chi connectivity index (χ3n) is 3.34. The van der Waals surface area contributed by atoms with E-state index in [4.69, 9.17) is 10.6 Å². The summed E-state index contributed by atoms with van der Waals surface area (Å²) in [6.07, 6.45) is 0. The molecule has 22 heavy (non-hydrogen) atoms. The summed E-state index contributed by atoms with van der Waals surface area (Å²) in [5, 5.41) is 6.90. The lowest BCUT2D eigenvalue weighted by atomic mass is 10.0. The van der Waals surface area contributed by atoms with Gasteiger partial charge >= 0.3 is 0 Å². The number of hydrogen-bond acceptors (Lipinski definition) is 4. The number of nitrogens with one attached hydrogen (secondary N) is 2. The van der Waals surface area contributed by atoms with Crippen molar-refractivity contribution in [2.24, 2.45) is 5.84 Å². The lowest BCUT2D eigenvalue weighted by Crippen LogP contribution is -2.31. The third kappa shape index (κ3) is 3.48. The summed E-state index contributed by atoms with van der Waals surface area (Å²) >= 11 is 3.46. The Morgan fingerprint density at radius 3 is 2.86 bits per heavy atom. The van der Waals surface area contributed by atoms with Crippen LogP contribution in [0.25, 0.3) is 0 Å². The Morgan fingerprint density at radius 1 is 1.50 bits per heavy atom. The number of carbonyl (C=O) groups excluding carboxylic acids is 1. The minimum absolute atomic E-state index is 0.189. The van der Waals surface area contributed by atoms with Crippen molar-refractivity contribution >= 4 is 21.8 Å². The summed E-state index contributed by atoms with van der Waals surface area (Å²) in [5.74, 6) is 5.91. The zero-order chi connectivity index (χ0) is 16.3. The molecule has 1 amide bonds. The third-order valence-corrected chi connectivity index (χ3v) is 3.83. The number of nitrogen functional groups attached to an aromatic ring is 1. The largest absolute Gasteiger partial charge is 0.487 e. The molecule has 1 heterocycles. The van der Waals surface area contributed by atoms with E-state index in [1.165, 1.54) is 0 Å². The zero-order valence-corrected chi connectivity index (χ0v) is 14.3. The maximum atomic E-state index is 11.8. The fourth-order valence-corrected chi connectivity index (χ4v) is 2.58. The fraction of sp³-hybridized carbons (Fsp3) is 0.333. The van der Waals surface area contributed by atoms with Crippen LogP contribution in [0.3, 0.4) is 0 Å². The number of aryl methyl sites for hydroxylation is 1. The molecule has 0 saturated heterocycles. The molecule has 0 aliphatic rings. The normalized spacial score (nSPS) is 10.8. The van der Waals surface area contributed by atoms with Crippen LogP contribution in [-0.2, 0) is 6.61 Å². The van der Waals surface area contributed by atoms with Gasteiger partial charge in [0, 0.05) is 10.2 Å². The summed E-state index contributed by atoms with van der Waals surface area (Å²) < 4.78 is 6.87. The molecule has 6 nitrogen and oxygen atoms in total. The van der Waals surface area contributed by atoms with Gasteiger partial charge in [-0.3, -0.25) is 15.3 Å². The Bertz CT molecular complexity index is 682. The Labute approximate surface area is 137 Å². The van der Waals surface area contributed by atoms with Gasteiger partial charge in [0.15, 0.2) is 0 Å². The molecule has 4 N–H and O–H groups in total. The quantitative estimate of drug-likeness (QED) is 0.430. The van der Waals surface area contributed by atoms with Crippen LogP contribution in [-0.4, -0.2) is 16.1 Å². The molecule has 0 saturated carbocycles. The Kier molecular flexibility index (Phi) is 5.20. The molecule has 0 atom stereocenters. The number of H-pyrrole nitrogens is 1. The number of benzene rings is 1. The monoisotopic (exact) mass is 366 g/mol. The number of nitrogens with two attached hydrogens (primary N) is 1. The van der Waals surface area contributed by atoms with E-state index >= 15 is 0 Å². The first kappa shape index (κ1) is 16.5. The van der Waals surface area contributed by atoms with E-state index in [9.17, 15) is 4.79 Å². The van der Waals surface area contributed by atoms with Crippen LogP contribution < -0.4 is 16.0 Å². The number of hydrazine groups is 1. The van der Waals surface area contributed by atoms with Gasteiger partial charge in [0.25, 0.3) is 5.91 Å². The SMILES string of the molecule is Cc1[nH]nc(COc2ccc(Br)cc2C(C)C)c1C(=O)NN. The van der Waals surface area contributed by atoms with E-state index in [-0.39, 0.29) is 12.5 Å². The van der Waals surface area contributed by atoms with Crippen molar-refractivity contribution in [2.75, 3.05) is 0 Å². The molecule has 7 heteroatoms. The van der Waals surface area contributed by atoms with Gasteiger partial charge in [0.2, 0.25) is 0 Å². The van der Waals surface area contributed by atoms with Gasteiger partial charge in [-0.15, -0.1) is 0 Å². The van der Waals surface area contributed by atoms with Crippen molar-refractivity contribution < 1.29 is 9.53 Å². The molecule has 2 aromatic rings. The number of aromatic nitrogens is 2. The molecule has 0 unspecified atom stereocenters. The molecule has 0 spiro atoms. The molecule has 0 radical (unpaired) electrons. The van der Waals surface area contributed by atoms with Crippen molar-refractivity contribution in [1.82, 2.24) is 15.6 Å². The Morgan fingerprint density at radius 2 is 2.23 bits per heavy atom. The minimum atomic E-state index is -0.385. The number of ether oxygens (including phenoxy) is 1. The molecule has 0 aliphatic carbocycles. The van der Waals surface area contributed by atoms with Gasteiger partial charge in [-0.1, -0.05) is 29.8 Å². The van der Waals surface area contributed by atoms with Gasteiger partial charge in [-0.25, -0.2) is 5.84 Å². The topological polar surface area (TPSA) is 93.0 Å². The Hall–Kier alpha value is -1.86. The average Bonchev–Trinajstić information content (AvgIpc) is 2.86. The number of amides is 1. The van der Waals surface area contributed by atoms with Crippen LogP contribution in [0.1, 0.15) is 47.1 Å². The van der Waals surface area contributed by atoms with Crippen molar-refractivity contribution in [1.29, 1.82) is 0 Å². The van der Waals surface area contributed by atoms with Crippen LogP contribution in [0.4, 0.5) is 0 Å². The molecule has 2 rings (SSSR count). The molecule has 118 valence electrons. The maximum absolute atomic E-state index is 11.8. The van der Waals surface area contributed by atoms with E-state index < -0.39 is 0 Å². The summed E-state index contributed by atoms with van der Waals surface area (Å²) in [4.78, 5) is 11.8. The second kappa shape index (κ2) is 6.93. The first-order valence-corrected chi connectivity index (χ1v) is 7.70. The maximum Gasteiger partial charge on any atom is 0.269 e. The number of aromatic amines is 1. The molecule has 0 bridgehead atoms. The molecular weight excluding hydrogens is 348 g/mol. The number of halogens is 1. The first-order chi connectivity index (χ1) is 10.4.